The number of allylic oxidation sites excluding steroid dienone is 2. The summed E-state index contributed by atoms with van der Waals surface area (Å²) in [6.45, 7) is 1.54. The van der Waals surface area contributed by atoms with Crippen molar-refractivity contribution in [1.82, 2.24) is 4.98 Å². The number of rotatable bonds is 1. The standard InChI is InChI=1S/C14H9F3N2OS/c1-6-12(21-13(18)19-6)9-10(14(15,16)17)7-4-2-3-5-8(7)11(9)20/h2-5H,1H3,(H2,18,19). The van der Waals surface area contributed by atoms with Gasteiger partial charge in [-0.15, -0.1) is 0 Å². The normalized spacial score (nSPS) is 14.8. The molecule has 21 heavy (non-hydrogen) atoms. The van der Waals surface area contributed by atoms with Crippen molar-refractivity contribution < 1.29 is 18.0 Å². The summed E-state index contributed by atoms with van der Waals surface area (Å²) in [6, 6.07) is 5.73. The van der Waals surface area contributed by atoms with Gasteiger partial charge in [0.05, 0.1) is 21.7 Å². The van der Waals surface area contributed by atoms with Crippen LogP contribution in [-0.4, -0.2) is 16.9 Å². The van der Waals surface area contributed by atoms with Gasteiger partial charge in [0.1, 0.15) is 0 Å². The van der Waals surface area contributed by atoms with Crippen LogP contribution in [0, 0.1) is 6.92 Å². The molecule has 0 unspecified atom stereocenters. The summed E-state index contributed by atoms with van der Waals surface area (Å²) < 4.78 is 40.3. The SMILES string of the molecule is Cc1nc(N)sc1C1=C(C(F)(F)F)c2ccccc2C1=O. The molecule has 7 heteroatoms. The van der Waals surface area contributed by atoms with Crippen LogP contribution in [0.1, 0.15) is 26.5 Å². The fourth-order valence-corrected chi connectivity index (χ4v) is 3.32. The number of nitrogens with two attached hydrogens (primary N) is 1. The molecule has 108 valence electrons. The molecule has 0 fully saturated rings. The van der Waals surface area contributed by atoms with Crippen molar-refractivity contribution in [2.24, 2.45) is 0 Å². The first-order valence-corrected chi connectivity index (χ1v) is 6.81. The molecule has 3 rings (SSSR count). The molecule has 0 saturated heterocycles. The number of aryl methyl sites for hydroxylation is 1. The Labute approximate surface area is 121 Å². The second kappa shape index (κ2) is 4.42. The third-order valence-electron chi connectivity index (χ3n) is 3.24. The van der Waals surface area contributed by atoms with Gasteiger partial charge in [0, 0.05) is 5.56 Å². The molecule has 0 amide bonds. The van der Waals surface area contributed by atoms with E-state index in [1.807, 2.05) is 0 Å². The molecule has 0 saturated carbocycles. The van der Waals surface area contributed by atoms with Crippen LogP contribution in [0.3, 0.4) is 0 Å². The predicted octanol–water partition coefficient (Wildman–Crippen LogP) is 3.70. The number of fused-ring (bicyclic) bond motifs is 1. The van der Waals surface area contributed by atoms with Gasteiger partial charge in [-0.2, -0.15) is 13.2 Å². The molecular formula is C14H9F3N2OS. The van der Waals surface area contributed by atoms with E-state index in [1.54, 1.807) is 13.0 Å². The molecule has 3 nitrogen and oxygen atoms in total. The molecular weight excluding hydrogens is 301 g/mol. The predicted molar refractivity (Wildman–Crippen MR) is 74.9 cm³/mol. The number of hydrogen-bond donors (Lipinski definition) is 1. The monoisotopic (exact) mass is 310 g/mol. The van der Waals surface area contributed by atoms with Crippen molar-refractivity contribution in [3.8, 4) is 0 Å². The molecule has 1 heterocycles. The number of thiazole rings is 1. The lowest BCUT2D eigenvalue weighted by Gasteiger charge is -2.11. The minimum Gasteiger partial charge on any atom is -0.375 e. The van der Waals surface area contributed by atoms with Crippen molar-refractivity contribution in [3.05, 3.63) is 46.0 Å². The van der Waals surface area contributed by atoms with Crippen LogP contribution in [0.5, 0.6) is 0 Å². The summed E-state index contributed by atoms with van der Waals surface area (Å²) in [7, 11) is 0. The van der Waals surface area contributed by atoms with Gasteiger partial charge in [-0.25, -0.2) is 4.98 Å². The Morgan fingerprint density at radius 3 is 2.33 bits per heavy atom. The van der Waals surface area contributed by atoms with Crippen molar-refractivity contribution in [2.75, 3.05) is 5.73 Å². The highest BCUT2D eigenvalue weighted by molar-refractivity contribution is 7.17. The average Bonchev–Trinajstić information content (AvgIpc) is 2.87. The molecule has 0 bridgehead atoms. The maximum Gasteiger partial charge on any atom is 0.417 e. The molecule has 0 radical (unpaired) electrons. The van der Waals surface area contributed by atoms with Crippen LogP contribution in [0.4, 0.5) is 18.3 Å². The lowest BCUT2D eigenvalue weighted by molar-refractivity contribution is -0.0683. The molecule has 1 aromatic carbocycles. The van der Waals surface area contributed by atoms with E-state index in [9.17, 15) is 18.0 Å². The number of hydrogen-bond acceptors (Lipinski definition) is 4. The van der Waals surface area contributed by atoms with E-state index < -0.39 is 17.5 Å². The Hall–Kier alpha value is -2.15. The van der Waals surface area contributed by atoms with E-state index in [-0.39, 0.29) is 26.7 Å². The number of carbonyl (C=O) groups is 1. The summed E-state index contributed by atoms with van der Waals surface area (Å²) in [5.74, 6) is -0.635. The number of Topliss-reactive ketones (excluding diaryl/α,β-unsaturated/α-hetero) is 1. The molecule has 1 aliphatic rings. The summed E-state index contributed by atoms with van der Waals surface area (Å²) in [4.78, 5) is 16.5. The van der Waals surface area contributed by atoms with Gasteiger partial charge >= 0.3 is 6.18 Å². The Kier molecular flexibility index (Phi) is 2.91. The van der Waals surface area contributed by atoms with Crippen LogP contribution in [0.15, 0.2) is 24.3 Å². The quantitative estimate of drug-likeness (QED) is 0.873. The minimum atomic E-state index is -4.62. The van der Waals surface area contributed by atoms with Crippen LogP contribution >= 0.6 is 11.3 Å². The molecule has 0 spiro atoms. The topological polar surface area (TPSA) is 56.0 Å². The zero-order valence-electron chi connectivity index (χ0n) is 10.8. The summed E-state index contributed by atoms with van der Waals surface area (Å²) in [6.07, 6.45) is -4.62. The Morgan fingerprint density at radius 2 is 1.81 bits per heavy atom. The first-order chi connectivity index (χ1) is 9.80. The van der Waals surface area contributed by atoms with E-state index in [4.69, 9.17) is 5.73 Å². The molecule has 2 aromatic rings. The fraction of sp³-hybridized carbons (Fsp3) is 0.143. The number of aromatic nitrogens is 1. The third-order valence-corrected chi connectivity index (χ3v) is 4.25. The smallest absolute Gasteiger partial charge is 0.375 e. The number of nitrogens with zero attached hydrogens (tertiary/aromatic N) is 1. The van der Waals surface area contributed by atoms with E-state index in [0.29, 0.717) is 5.69 Å². The first kappa shape index (κ1) is 13.8. The van der Waals surface area contributed by atoms with Crippen molar-refractivity contribution in [2.45, 2.75) is 13.1 Å². The minimum absolute atomic E-state index is 0.0613. The second-order valence-corrected chi connectivity index (χ2v) is 5.62. The lowest BCUT2D eigenvalue weighted by Crippen LogP contribution is -2.11. The van der Waals surface area contributed by atoms with Gasteiger partial charge in [-0.3, -0.25) is 4.79 Å². The van der Waals surface area contributed by atoms with Crippen LogP contribution < -0.4 is 5.73 Å². The number of carbonyl (C=O) groups excluding carboxylic acids is 1. The number of alkyl halides is 3. The van der Waals surface area contributed by atoms with E-state index in [0.717, 1.165) is 11.3 Å². The summed E-state index contributed by atoms with van der Waals surface area (Å²) >= 11 is 0.894. The van der Waals surface area contributed by atoms with Gasteiger partial charge in [-0.1, -0.05) is 35.6 Å². The maximum absolute atomic E-state index is 13.4. The summed E-state index contributed by atoms with van der Waals surface area (Å²) in [5, 5.41) is 0.139. The number of ketones is 1. The number of halogens is 3. The van der Waals surface area contributed by atoms with Gasteiger partial charge in [-0.05, 0) is 12.5 Å². The zero-order valence-corrected chi connectivity index (χ0v) is 11.6. The van der Waals surface area contributed by atoms with Crippen LogP contribution in [0.2, 0.25) is 0 Å². The highest BCUT2D eigenvalue weighted by atomic mass is 32.1. The number of benzene rings is 1. The van der Waals surface area contributed by atoms with Gasteiger partial charge < -0.3 is 5.73 Å². The van der Waals surface area contributed by atoms with Gasteiger partial charge in [0.15, 0.2) is 10.9 Å². The molecule has 1 aromatic heterocycles. The first-order valence-electron chi connectivity index (χ1n) is 5.99. The molecule has 1 aliphatic carbocycles. The van der Waals surface area contributed by atoms with E-state index in [1.165, 1.54) is 18.2 Å². The molecule has 2 N–H and O–H groups in total. The van der Waals surface area contributed by atoms with Crippen LogP contribution in [0.25, 0.3) is 11.1 Å². The molecule has 0 aliphatic heterocycles. The largest absolute Gasteiger partial charge is 0.417 e. The third kappa shape index (κ3) is 2.04. The van der Waals surface area contributed by atoms with Crippen LogP contribution in [-0.2, 0) is 0 Å². The zero-order chi connectivity index (χ0) is 15.4. The Morgan fingerprint density at radius 1 is 1.19 bits per heavy atom. The second-order valence-electron chi connectivity index (χ2n) is 4.59. The van der Waals surface area contributed by atoms with Crippen molar-refractivity contribution in [3.63, 3.8) is 0 Å². The lowest BCUT2D eigenvalue weighted by atomic mass is 10.0. The molecule has 0 atom stereocenters. The highest BCUT2D eigenvalue weighted by Gasteiger charge is 2.46. The van der Waals surface area contributed by atoms with E-state index in [2.05, 4.69) is 4.98 Å². The number of anilines is 1. The van der Waals surface area contributed by atoms with E-state index >= 15 is 0 Å². The summed E-state index contributed by atoms with van der Waals surface area (Å²) in [5.41, 5.74) is 4.59. The van der Waals surface area contributed by atoms with Crippen molar-refractivity contribution in [1.29, 1.82) is 0 Å². The maximum atomic E-state index is 13.4. The Balaban J connectivity index is 2.35. The van der Waals surface area contributed by atoms with Gasteiger partial charge in [0.2, 0.25) is 0 Å². The average molecular weight is 310 g/mol. The highest BCUT2D eigenvalue weighted by Crippen LogP contribution is 2.48. The van der Waals surface area contributed by atoms with Crippen molar-refractivity contribution >= 4 is 33.4 Å². The van der Waals surface area contributed by atoms with Gasteiger partial charge in [0.25, 0.3) is 0 Å². The Bertz CT molecular complexity index is 790. The fourth-order valence-electron chi connectivity index (χ4n) is 2.44. The number of nitrogen functional groups attached to an aromatic ring is 1.